The van der Waals surface area contributed by atoms with Crippen molar-refractivity contribution in [3.05, 3.63) is 66.4 Å². The standard InChI is InChI=1S/C17H16N2/c1-13-12-17(18-19(13)2)16-10-8-15(9-11-16)14-6-4-3-5-7-14/h3-12H,1-2H3. The number of aromatic nitrogens is 2. The molecule has 0 bridgehead atoms. The number of aryl methyl sites for hydroxylation is 2. The molecule has 3 rings (SSSR count). The second-order valence-electron chi connectivity index (χ2n) is 4.74. The van der Waals surface area contributed by atoms with Crippen molar-refractivity contribution in [3.8, 4) is 22.4 Å². The molecule has 94 valence electrons. The topological polar surface area (TPSA) is 17.8 Å². The van der Waals surface area contributed by atoms with E-state index in [9.17, 15) is 0 Å². The van der Waals surface area contributed by atoms with Gasteiger partial charge in [-0.2, -0.15) is 5.10 Å². The van der Waals surface area contributed by atoms with Crippen molar-refractivity contribution in [1.82, 2.24) is 9.78 Å². The van der Waals surface area contributed by atoms with Gasteiger partial charge in [0.2, 0.25) is 0 Å². The van der Waals surface area contributed by atoms with E-state index in [2.05, 4.69) is 66.6 Å². The highest BCUT2D eigenvalue weighted by molar-refractivity contribution is 5.68. The first-order valence-electron chi connectivity index (χ1n) is 6.40. The summed E-state index contributed by atoms with van der Waals surface area (Å²) in [6.07, 6.45) is 0. The van der Waals surface area contributed by atoms with Gasteiger partial charge in [0.15, 0.2) is 0 Å². The second kappa shape index (κ2) is 4.73. The molecule has 0 radical (unpaired) electrons. The SMILES string of the molecule is Cc1cc(-c2ccc(-c3ccccc3)cc2)nn1C. The van der Waals surface area contributed by atoms with Crippen molar-refractivity contribution in [1.29, 1.82) is 0 Å². The van der Waals surface area contributed by atoms with Gasteiger partial charge in [-0.25, -0.2) is 0 Å². The lowest BCUT2D eigenvalue weighted by Crippen LogP contribution is -1.92. The number of rotatable bonds is 2. The molecule has 0 fully saturated rings. The molecule has 0 spiro atoms. The third kappa shape index (κ3) is 2.29. The molecule has 0 aliphatic rings. The van der Waals surface area contributed by atoms with Crippen LogP contribution < -0.4 is 0 Å². The van der Waals surface area contributed by atoms with Crippen molar-refractivity contribution >= 4 is 0 Å². The van der Waals surface area contributed by atoms with E-state index in [1.807, 2.05) is 17.8 Å². The van der Waals surface area contributed by atoms with E-state index < -0.39 is 0 Å². The van der Waals surface area contributed by atoms with Gasteiger partial charge in [0.05, 0.1) is 5.69 Å². The highest BCUT2D eigenvalue weighted by atomic mass is 15.3. The van der Waals surface area contributed by atoms with E-state index >= 15 is 0 Å². The van der Waals surface area contributed by atoms with E-state index in [1.165, 1.54) is 16.8 Å². The summed E-state index contributed by atoms with van der Waals surface area (Å²) in [5.74, 6) is 0. The quantitative estimate of drug-likeness (QED) is 0.668. The van der Waals surface area contributed by atoms with Crippen molar-refractivity contribution in [2.24, 2.45) is 7.05 Å². The summed E-state index contributed by atoms with van der Waals surface area (Å²) >= 11 is 0. The molecule has 0 N–H and O–H groups in total. The summed E-state index contributed by atoms with van der Waals surface area (Å²) in [6, 6.07) is 21.1. The van der Waals surface area contributed by atoms with Crippen LogP contribution in [0.25, 0.3) is 22.4 Å². The van der Waals surface area contributed by atoms with Gasteiger partial charge < -0.3 is 0 Å². The molecule has 0 aliphatic carbocycles. The average Bonchev–Trinajstić information content (AvgIpc) is 2.80. The Morgan fingerprint density at radius 3 is 1.95 bits per heavy atom. The Morgan fingerprint density at radius 2 is 1.37 bits per heavy atom. The number of hydrogen-bond acceptors (Lipinski definition) is 1. The van der Waals surface area contributed by atoms with Gasteiger partial charge in [-0.15, -0.1) is 0 Å². The largest absolute Gasteiger partial charge is 0.272 e. The third-order valence-corrected chi connectivity index (χ3v) is 3.40. The molecule has 0 amide bonds. The minimum absolute atomic E-state index is 1.03. The Labute approximate surface area is 113 Å². The molecule has 2 nitrogen and oxygen atoms in total. The predicted molar refractivity (Wildman–Crippen MR) is 78.8 cm³/mol. The summed E-state index contributed by atoms with van der Waals surface area (Å²) in [5, 5.41) is 4.50. The summed E-state index contributed by atoms with van der Waals surface area (Å²) in [4.78, 5) is 0. The fourth-order valence-corrected chi connectivity index (χ4v) is 2.17. The molecule has 2 heteroatoms. The first-order chi connectivity index (χ1) is 9.24. The smallest absolute Gasteiger partial charge is 0.0925 e. The summed E-state index contributed by atoms with van der Waals surface area (Å²) in [7, 11) is 1.97. The fourth-order valence-electron chi connectivity index (χ4n) is 2.17. The van der Waals surface area contributed by atoms with Crippen LogP contribution in [0.2, 0.25) is 0 Å². The molecule has 3 aromatic rings. The molecule has 0 atom stereocenters. The fraction of sp³-hybridized carbons (Fsp3) is 0.118. The lowest BCUT2D eigenvalue weighted by Gasteiger charge is -2.02. The maximum Gasteiger partial charge on any atom is 0.0925 e. The Bertz CT molecular complexity index is 660. The predicted octanol–water partition coefficient (Wildman–Crippen LogP) is 4.06. The Hall–Kier alpha value is -2.35. The molecule has 19 heavy (non-hydrogen) atoms. The monoisotopic (exact) mass is 248 g/mol. The van der Waals surface area contributed by atoms with Crippen LogP contribution in [-0.2, 0) is 7.05 Å². The van der Waals surface area contributed by atoms with Gasteiger partial charge >= 0.3 is 0 Å². The minimum atomic E-state index is 1.03. The van der Waals surface area contributed by atoms with Crippen LogP contribution in [0.4, 0.5) is 0 Å². The van der Waals surface area contributed by atoms with Crippen molar-refractivity contribution < 1.29 is 0 Å². The van der Waals surface area contributed by atoms with Gasteiger partial charge in [-0.3, -0.25) is 4.68 Å². The van der Waals surface area contributed by atoms with Crippen molar-refractivity contribution in [2.75, 3.05) is 0 Å². The summed E-state index contributed by atoms with van der Waals surface area (Å²) in [6.45, 7) is 2.06. The van der Waals surface area contributed by atoms with Crippen LogP contribution in [0.3, 0.4) is 0 Å². The molecule has 0 saturated carbocycles. The lowest BCUT2D eigenvalue weighted by molar-refractivity contribution is 0.743. The molecule has 0 aliphatic heterocycles. The maximum atomic E-state index is 4.50. The Kier molecular flexibility index (Phi) is 2.92. The van der Waals surface area contributed by atoms with Gasteiger partial charge in [-0.05, 0) is 24.1 Å². The van der Waals surface area contributed by atoms with Crippen LogP contribution in [0.5, 0.6) is 0 Å². The zero-order valence-corrected chi connectivity index (χ0v) is 11.2. The normalized spacial score (nSPS) is 10.6. The Balaban J connectivity index is 1.95. The summed E-state index contributed by atoms with van der Waals surface area (Å²) < 4.78 is 1.90. The Morgan fingerprint density at radius 1 is 0.789 bits per heavy atom. The molecule has 1 heterocycles. The van der Waals surface area contributed by atoms with Gasteiger partial charge in [0, 0.05) is 18.3 Å². The van der Waals surface area contributed by atoms with Gasteiger partial charge in [-0.1, -0.05) is 54.6 Å². The van der Waals surface area contributed by atoms with Crippen LogP contribution in [0, 0.1) is 6.92 Å². The first-order valence-corrected chi connectivity index (χ1v) is 6.40. The highest BCUT2D eigenvalue weighted by Crippen LogP contribution is 2.24. The van der Waals surface area contributed by atoms with Crippen LogP contribution in [-0.4, -0.2) is 9.78 Å². The molecule has 0 saturated heterocycles. The molecular formula is C17H16N2. The van der Waals surface area contributed by atoms with Crippen molar-refractivity contribution in [3.63, 3.8) is 0 Å². The molecule has 2 aromatic carbocycles. The highest BCUT2D eigenvalue weighted by Gasteiger charge is 2.04. The zero-order chi connectivity index (χ0) is 13.2. The summed E-state index contributed by atoms with van der Waals surface area (Å²) in [5.41, 5.74) is 5.83. The number of nitrogens with zero attached hydrogens (tertiary/aromatic N) is 2. The van der Waals surface area contributed by atoms with Crippen LogP contribution in [0.1, 0.15) is 5.69 Å². The second-order valence-corrected chi connectivity index (χ2v) is 4.74. The molecule has 1 aromatic heterocycles. The number of hydrogen-bond donors (Lipinski definition) is 0. The molecular weight excluding hydrogens is 232 g/mol. The molecule has 0 unspecified atom stereocenters. The van der Waals surface area contributed by atoms with Crippen LogP contribution in [0.15, 0.2) is 60.7 Å². The van der Waals surface area contributed by atoms with E-state index in [-0.39, 0.29) is 0 Å². The van der Waals surface area contributed by atoms with E-state index in [4.69, 9.17) is 0 Å². The van der Waals surface area contributed by atoms with Crippen LogP contribution >= 0.6 is 0 Å². The average molecular weight is 248 g/mol. The van der Waals surface area contributed by atoms with Crippen molar-refractivity contribution in [2.45, 2.75) is 6.92 Å². The zero-order valence-electron chi connectivity index (χ0n) is 11.2. The van der Waals surface area contributed by atoms with E-state index in [0.717, 1.165) is 11.3 Å². The third-order valence-electron chi connectivity index (χ3n) is 3.40. The lowest BCUT2D eigenvalue weighted by atomic mass is 10.0. The van der Waals surface area contributed by atoms with E-state index in [1.54, 1.807) is 0 Å². The van der Waals surface area contributed by atoms with Gasteiger partial charge in [0.25, 0.3) is 0 Å². The maximum absolute atomic E-state index is 4.50. The van der Waals surface area contributed by atoms with E-state index in [0.29, 0.717) is 0 Å². The van der Waals surface area contributed by atoms with Gasteiger partial charge in [0.1, 0.15) is 0 Å². The first kappa shape index (κ1) is 11.7. The minimum Gasteiger partial charge on any atom is -0.272 e. The number of benzene rings is 2.